The minimum Gasteiger partial charge on any atom is -0.359 e. The van der Waals surface area contributed by atoms with Crippen LogP contribution in [-0.2, 0) is 4.79 Å². The molecule has 74 valence electrons. The van der Waals surface area contributed by atoms with Crippen LogP contribution in [0.5, 0.6) is 0 Å². The molecule has 13 heavy (non-hydrogen) atoms. The Kier molecular flexibility index (Phi) is 4.43. The zero-order chi connectivity index (χ0) is 10.5. The quantitative estimate of drug-likeness (QED) is 0.657. The molecular weight excluding hydrogens is 166 g/mol. The fraction of sp³-hybridized carbons (Fsp3) is 0.778. The van der Waals surface area contributed by atoms with E-state index in [2.05, 4.69) is 16.7 Å². The Labute approximate surface area is 79.3 Å². The summed E-state index contributed by atoms with van der Waals surface area (Å²) in [6.07, 6.45) is 0. The van der Waals surface area contributed by atoms with Crippen LogP contribution in [0.4, 0.5) is 0 Å². The summed E-state index contributed by atoms with van der Waals surface area (Å²) in [7, 11) is 1.61. The van der Waals surface area contributed by atoms with Crippen molar-refractivity contribution in [3.63, 3.8) is 0 Å². The maximum absolute atomic E-state index is 11.3. The number of hydrogen-bond donors (Lipinski definition) is 2. The van der Waals surface area contributed by atoms with E-state index in [9.17, 15) is 4.79 Å². The van der Waals surface area contributed by atoms with Gasteiger partial charge in [-0.2, -0.15) is 5.26 Å². The van der Waals surface area contributed by atoms with E-state index >= 15 is 0 Å². The number of amides is 1. The van der Waals surface area contributed by atoms with Gasteiger partial charge in [-0.1, -0.05) is 0 Å². The summed E-state index contributed by atoms with van der Waals surface area (Å²) < 4.78 is 0. The summed E-state index contributed by atoms with van der Waals surface area (Å²) in [5.74, 6) is -0.0230. The van der Waals surface area contributed by atoms with Gasteiger partial charge in [0.05, 0.1) is 17.5 Å². The second kappa shape index (κ2) is 4.83. The third kappa shape index (κ3) is 3.90. The summed E-state index contributed by atoms with van der Waals surface area (Å²) >= 11 is 0. The molecule has 0 aliphatic rings. The molecule has 0 rings (SSSR count). The molecule has 0 radical (unpaired) electrons. The SMILES string of the molecule is CNC(=O)C(C)(C)CNC(C)C#N. The van der Waals surface area contributed by atoms with Crippen molar-refractivity contribution in [1.29, 1.82) is 5.26 Å². The second-order valence-corrected chi connectivity index (χ2v) is 3.69. The summed E-state index contributed by atoms with van der Waals surface area (Å²) in [5, 5.41) is 14.1. The summed E-state index contributed by atoms with van der Waals surface area (Å²) in [6, 6.07) is 1.83. The van der Waals surface area contributed by atoms with Gasteiger partial charge in [0.25, 0.3) is 0 Å². The second-order valence-electron chi connectivity index (χ2n) is 3.69. The number of carbonyl (C=O) groups is 1. The Bertz CT molecular complexity index is 217. The van der Waals surface area contributed by atoms with E-state index < -0.39 is 5.41 Å². The van der Waals surface area contributed by atoms with E-state index in [1.54, 1.807) is 14.0 Å². The summed E-state index contributed by atoms with van der Waals surface area (Å²) in [4.78, 5) is 11.3. The number of nitrogens with zero attached hydrogens (tertiary/aromatic N) is 1. The fourth-order valence-corrected chi connectivity index (χ4v) is 0.873. The van der Waals surface area contributed by atoms with Crippen molar-refractivity contribution in [2.75, 3.05) is 13.6 Å². The summed E-state index contributed by atoms with van der Waals surface area (Å²) in [6.45, 7) is 5.94. The largest absolute Gasteiger partial charge is 0.359 e. The van der Waals surface area contributed by atoms with E-state index in [1.807, 2.05) is 13.8 Å². The van der Waals surface area contributed by atoms with Crippen LogP contribution in [0.2, 0.25) is 0 Å². The minimum absolute atomic E-state index is 0.0230. The van der Waals surface area contributed by atoms with Gasteiger partial charge in [-0.3, -0.25) is 4.79 Å². The molecule has 2 N–H and O–H groups in total. The Morgan fingerprint density at radius 3 is 2.54 bits per heavy atom. The smallest absolute Gasteiger partial charge is 0.226 e. The van der Waals surface area contributed by atoms with E-state index in [0.717, 1.165) is 0 Å². The number of nitriles is 1. The predicted octanol–water partition coefficient (Wildman–Crippen LogP) is 0.260. The zero-order valence-electron chi connectivity index (χ0n) is 8.64. The van der Waals surface area contributed by atoms with Gasteiger partial charge >= 0.3 is 0 Å². The van der Waals surface area contributed by atoms with Crippen molar-refractivity contribution in [3.05, 3.63) is 0 Å². The van der Waals surface area contributed by atoms with Crippen LogP contribution < -0.4 is 10.6 Å². The lowest BCUT2D eigenvalue weighted by Gasteiger charge is -2.23. The van der Waals surface area contributed by atoms with Crippen molar-refractivity contribution in [2.45, 2.75) is 26.8 Å². The molecule has 0 saturated heterocycles. The van der Waals surface area contributed by atoms with Gasteiger partial charge in [0.15, 0.2) is 0 Å². The third-order valence-electron chi connectivity index (χ3n) is 1.89. The van der Waals surface area contributed by atoms with Crippen LogP contribution in [0.25, 0.3) is 0 Å². The molecular formula is C9H17N3O. The lowest BCUT2D eigenvalue weighted by atomic mass is 9.92. The minimum atomic E-state index is -0.472. The van der Waals surface area contributed by atoms with Gasteiger partial charge in [-0.15, -0.1) is 0 Å². The van der Waals surface area contributed by atoms with Crippen LogP contribution in [0.15, 0.2) is 0 Å². The molecule has 4 nitrogen and oxygen atoms in total. The van der Waals surface area contributed by atoms with E-state index in [4.69, 9.17) is 5.26 Å². The maximum Gasteiger partial charge on any atom is 0.226 e. The molecule has 0 aliphatic heterocycles. The fourth-order valence-electron chi connectivity index (χ4n) is 0.873. The molecule has 0 saturated carbocycles. The van der Waals surface area contributed by atoms with Crippen LogP contribution in [-0.4, -0.2) is 25.5 Å². The van der Waals surface area contributed by atoms with Crippen molar-refractivity contribution < 1.29 is 4.79 Å². The monoisotopic (exact) mass is 183 g/mol. The highest BCUT2D eigenvalue weighted by molar-refractivity contribution is 5.81. The number of nitrogens with one attached hydrogen (secondary N) is 2. The molecule has 0 aromatic rings. The number of carbonyl (C=O) groups excluding carboxylic acids is 1. The lowest BCUT2D eigenvalue weighted by Crippen LogP contribution is -2.44. The molecule has 4 heteroatoms. The first kappa shape index (κ1) is 11.9. The van der Waals surface area contributed by atoms with Gasteiger partial charge in [0, 0.05) is 13.6 Å². The van der Waals surface area contributed by atoms with Crippen LogP contribution in [0, 0.1) is 16.7 Å². The molecule has 0 bridgehead atoms. The first-order valence-electron chi connectivity index (χ1n) is 4.29. The molecule has 0 fully saturated rings. The molecule has 1 atom stereocenters. The molecule has 0 spiro atoms. The molecule has 0 aromatic heterocycles. The van der Waals surface area contributed by atoms with E-state index in [-0.39, 0.29) is 11.9 Å². The maximum atomic E-state index is 11.3. The Morgan fingerprint density at radius 1 is 1.62 bits per heavy atom. The van der Waals surface area contributed by atoms with Crippen LogP contribution >= 0.6 is 0 Å². The molecule has 0 heterocycles. The Balaban J connectivity index is 4.04. The first-order chi connectivity index (χ1) is 5.94. The molecule has 1 unspecified atom stereocenters. The van der Waals surface area contributed by atoms with Gasteiger partial charge in [0.2, 0.25) is 5.91 Å². The first-order valence-corrected chi connectivity index (χ1v) is 4.29. The Morgan fingerprint density at radius 2 is 2.15 bits per heavy atom. The Hall–Kier alpha value is -1.08. The van der Waals surface area contributed by atoms with E-state index in [0.29, 0.717) is 6.54 Å². The summed E-state index contributed by atoms with van der Waals surface area (Å²) in [5.41, 5.74) is -0.472. The van der Waals surface area contributed by atoms with Gasteiger partial charge in [-0.05, 0) is 20.8 Å². The van der Waals surface area contributed by atoms with Crippen LogP contribution in [0.1, 0.15) is 20.8 Å². The predicted molar refractivity (Wildman–Crippen MR) is 50.9 cm³/mol. The normalized spacial score (nSPS) is 13.2. The average Bonchev–Trinajstić information content (AvgIpc) is 2.12. The molecule has 0 aromatic carbocycles. The van der Waals surface area contributed by atoms with E-state index in [1.165, 1.54) is 0 Å². The molecule has 0 aliphatic carbocycles. The van der Waals surface area contributed by atoms with Gasteiger partial charge in [0.1, 0.15) is 0 Å². The van der Waals surface area contributed by atoms with Crippen molar-refractivity contribution in [3.8, 4) is 6.07 Å². The lowest BCUT2D eigenvalue weighted by molar-refractivity contribution is -0.128. The highest BCUT2D eigenvalue weighted by Gasteiger charge is 2.26. The number of rotatable bonds is 4. The van der Waals surface area contributed by atoms with Crippen molar-refractivity contribution in [2.24, 2.45) is 5.41 Å². The van der Waals surface area contributed by atoms with Crippen molar-refractivity contribution in [1.82, 2.24) is 10.6 Å². The average molecular weight is 183 g/mol. The highest BCUT2D eigenvalue weighted by Crippen LogP contribution is 2.13. The van der Waals surface area contributed by atoms with Crippen LogP contribution in [0.3, 0.4) is 0 Å². The van der Waals surface area contributed by atoms with Crippen molar-refractivity contribution >= 4 is 5.91 Å². The van der Waals surface area contributed by atoms with Gasteiger partial charge < -0.3 is 10.6 Å². The topological polar surface area (TPSA) is 64.9 Å². The zero-order valence-corrected chi connectivity index (χ0v) is 8.64. The third-order valence-corrected chi connectivity index (χ3v) is 1.89. The number of hydrogen-bond acceptors (Lipinski definition) is 3. The molecule has 1 amide bonds. The van der Waals surface area contributed by atoms with Gasteiger partial charge in [-0.25, -0.2) is 0 Å². The highest BCUT2D eigenvalue weighted by atomic mass is 16.2. The standard InChI is InChI=1S/C9H17N3O/c1-7(5-10)12-6-9(2,3)8(13)11-4/h7,12H,6H2,1-4H3,(H,11,13).